The fraction of sp³-hybridized carbons (Fsp3) is 0.778. The molecule has 23 heavy (non-hydrogen) atoms. The number of rotatable bonds is 5. The van der Waals surface area contributed by atoms with E-state index in [1.807, 2.05) is 11.1 Å². The minimum Gasteiger partial charge on any atom is -0.335 e. The van der Waals surface area contributed by atoms with Gasteiger partial charge in [-0.2, -0.15) is 0 Å². The lowest BCUT2D eigenvalue weighted by molar-refractivity contribution is 0.174. The van der Waals surface area contributed by atoms with E-state index < -0.39 is 0 Å². The highest BCUT2D eigenvalue weighted by molar-refractivity contribution is 5.74. The quantitative estimate of drug-likeness (QED) is 0.903. The minimum atomic E-state index is 0.133. The number of piperidine rings is 1. The Morgan fingerprint density at radius 1 is 1.30 bits per heavy atom. The number of carbonyl (C=O) groups is 1. The van der Waals surface area contributed by atoms with Gasteiger partial charge in [-0.15, -0.1) is 0 Å². The highest BCUT2D eigenvalue weighted by Gasteiger charge is 2.28. The second-order valence-electron chi connectivity index (χ2n) is 7.05. The van der Waals surface area contributed by atoms with Crippen molar-refractivity contribution in [2.24, 2.45) is 0 Å². The standard InChI is InChI=1S/C18H30N4O/c1-2-3-11-21-13-10-19-17(21)15-7-6-12-22(14-15)18(23)20-16-8-4-5-9-16/h10,13,15-16H,2-9,11-12,14H2,1H3,(H,20,23). The third kappa shape index (κ3) is 4.06. The molecule has 0 aromatic carbocycles. The molecule has 1 unspecified atom stereocenters. The number of urea groups is 1. The fourth-order valence-electron chi connectivity index (χ4n) is 3.91. The third-order valence-corrected chi connectivity index (χ3v) is 5.26. The Hall–Kier alpha value is -1.52. The molecule has 1 aromatic rings. The van der Waals surface area contributed by atoms with E-state index in [0.717, 1.165) is 51.1 Å². The molecule has 2 heterocycles. The summed E-state index contributed by atoms with van der Waals surface area (Å²) in [7, 11) is 0. The maximum Gasteiger partial charge on any atom is 0.317 e. The number of aryl methyl sites for hydroxylation is 1. The summed E-state index contributed by atoms with van der Waals surface area (Å²) in [5, 5.41) is 3.22. The van der Waals surface area contributed by atoms with Crippen LogP contribution >= 0.6 is 0 Å². The number of hydrogen-bond donors (Lipinski definition) is 1. The van der Waals surface area contributed by atoms with E-state index >= 15 is 0 Å². The second kappa shape index (κ2) is 7.84. The van der Waals surface area contributed by atoms with Crippen LogP contribution in [0.4, 0.5) is 4.79 Å². The molecule has 1 atom stereocenters. The molecule has 1 aromatic heterocycles. The van der Waals surface area contributed by atoms with Crippen molar-refractivity contribution in [2.75, 3.05) is 13.1 Å². The van der Waals surface area contributed by atoms with Crippen molar-refractivity contribution in [1.82, 2.24) is 19.8 Å². The first-order valence-electron chi connectivity index (χ1n) is 9.34. The number of imidazole rings is 1. The van der Waals surface area contributed by atoms with Crippen molar-refractivity contribution < 1.29 is 4.79 Å². The Bertz CT molecular complexity index is 507. The summed E-state index contributed by atoms with van der Waals surface area (Å²) in [6, 6.07) is 0.530. The van der Waals surface area contributed by atoms with E-state index in [-0.39, 0.29) is 6.03 Å². The van der Waals surface area contributed by atoms with Gasteiger partial charge in [-0.3, -0.25) is 0 Å². The van der Waals surface area contributed by atoms with E-state index in [2.05, 4.69) is 28.0 Å². The molecule has 2 fully saturated rings. The van der Waals surface area contributed by atoms with Crippen molar-refractivity contribution in [2.45, 2.75) is 76.8 Å². The topological polar surface area (TPSA) is 50.2 Å². The number of amides is 2. The molecule has 3 rings (SSSR count). The molecule has 0 spiro atoms. The smallest absolute Gasteiger partial charge is 0.317 e. The molecule has 0 radical (unpaired) electrons. The lowest BCUT2D eigenvalue weighted by atomic mass is 9.97. The predicted molar refractivity (Wildman–Crippen MR) is 91.5 cm³/mol. The van der Waals surface area contributed by atoms with Crippen LogP contribution in [-0.2, 0) is 6.54 Å². The Morgan fingerprint density at radius 2 is 2.13 bits per heavy atom. The van der Waals surface area contributed by atoms with Gasteiger partial charge in [-0.1, -0.05) is 26.2 Å². The molecule has 2 aliphatic rings. The largest absolute Gasteiger partial charge is 0.335 e. The zero-order valence-electron chi connectivity index (χ0n) is 14.3. The van der Waals surface area contributed by atoms with Crippen molar-refractivity contribution in [3.05, 3.63) is 18.2 Å². The van der Waals surface area contributed by atoms with Crippen molar-refractivity contribution in [3.8, 4) is 0 Å². The van der Waals surface area contributed by atoms with Crippen molar-refractivity contribution in [3.63, 3.8) is 0 Å². The lowest BCUT2D eigenvalue weighted by Gasteiger charge is -2.33. The van der Waals surface area contributed by atoms with Crippen molar-refractivity contribution >= 4 is 6.03 Å². The molecule has 128 valence electrons. The Labute approximate surface area is 139 Å². The fourth-order valence-corrected chi connectivity index (χ4v) is 3.91. The molecule has 2 amide bonds. The Kier molecular flexibility index (Phi) is 5.57. The van der Waals surface area contributed by atoms with E-state index in [9.17, 15) is 4.79 Å². The monoisotopic (exact) mass is 318 g/mol. The summed E-state index contributed by atoms with van der Waals surface area (Å²) in [5.41, 5.74) is 0. The van der Waals surface area contributed by atoms with Gasteiger partial charge in [0.25, 0.3) is 0 Å². The lowest BCUT2D eigenvalue weighted by Crippen LogP contribution is -2.47. The zero-order valence-corrected chi connectivity index (χ0v) is 14.3. The van der Waals surface area contributed by atoms with Gasteiger partial charge in [-0.05, 0) is 32.1 Å². The molecule has 5 heteroatoms. The molecule has 1 aliphatic carbocycles. The normalized spacial score (nSPS) is 22.5. The van der Waals surface area contributed by atoms with Crippen LogP contribution in [0.1, 0.15) is 70.0 Å². The molecule has 1 saturated heterocycles. The number of aromatic nitrogens is 2. The average molecular weight is 318 g/mol. The zero-order chi connectivity index (χ0) is 16.1. The Morgan fingerprint density at radius 3 is 2.91 bits per heavy atom. The molecular formula is C18H30N4O. The number of nitrogens with zero attached hydrogens (tertiary/aromatic N) is 3. The van der Waals surface area contributed by atoms with Crippen molar-refractivity contribution in [1.29, 1.82) is 0 Å². The second-order valence-corrected chi connectivity index (χ2v) is 7.05. The highest BCUT2D eigenvalue weighted by Crippen LogP contribution is 2.26. The van der Waals surface area contributed by atoms with Crippen LogP contribution in [0, 0.1) is 0 Å². The molecule has 1 saturated carbocycles. The predicted octanol–water partition coefficient (Wildman–Crippen LogP) is 3.51. The summed E-state index contributed by atoms with van der Waals surface area (Å²) in [6.45, 7) is 4.94. The maximum atomic E-state index is 12.5. The highest BCUT2D eigenvalue weighted by atomic mass is 16.2. The van der Waals surface area contributed by atoms with Crippen LogP contribution in [0.15, 0.2) is 12.4 Å². The van der Waals surface area contributed by atoms with Crippen LogP contribution < -0.4 is 5.32 Å². The van der Waals surface area contributed by atoms with E-state index in [1.165, 1.54) is 25.7 Å². The first-order valence-corrected chi connectivity index (χ1v) is 9.34. The van der Waals surface area contributed by atoms with Gasteiger partial charge < -0.3 is 14.8 Å². The summed E-state index contributed by atoms with van der Waals surface area (Å²) in [6.07, 6.45) is 13.4. The van der Waals surface area contributed by atoms with Gasteiger partial charge in [-0.25, -0.2) is 9.78 Å². The van der Waals surface area contributed by atoms with Gasteiger partial charge >= 0.3 is 6.03 Å². The first kappa shape index (κ1) is 16.3. The van der Waals surface area contributed by atoms with Gasteiger partial charge in [0.2, 0.25) is 0 Å². The first-order chi connectivity index (χ1) is 11.3. The summed E-state index contributed by atoms with van der Waals surface area (Å²) in [4.78, 5) is 19.1. The van der Waals surface area contributed by atoms with Gasteiger partial charge in [0.1, 0.15) is 5.82 Å². The molecule has 0 bridgehead atoms. The number of likely N-dealkylation sites (tertiary alicyclic amines) is 1. The van der Waals surface area contributed by atoms with Crippen LogP contribution in [0.25, 0.3) is 0 Å². The van der Waals surface area contributed by atoms with Crippen LogP contribution in [0.2, 0.25) is 0 Å². The van der Waals surface area contributed by atoms with Gasteiger partial charge in [0, 0.05) is 44.0 Å². The van der Waals surface area contributed by atoms with E-state index in [4.69, 9.17) is 0 Å². The van der Waals surface area contributed by atoms with Crippen LogP contribution in [0.5, 0.6) is 0 Å². The number of carbonyl (C=O) groups excluding carboxylic acids is 1. The molecule has 1 N–H and O–H groups in total. The molecular weight excluding hydrogens is 288 g/mol. The van der Waals surface area contributed by atoms with Crippen LogP contribution in [-0.4, -0.2) is 39.6 Å². The number of nitrogens with one attached hydrogen (secondary N) is 1. The van der Waals surface area contributed by atoms with Gasteiger partial charge in [0.15, 0.2) is 0 Å². The summed E-state index contributed by atoms with van der Waals surface area (Å²) < 4.78 is 2.28. The summed E-state index contributed by atoms with van der Waals surface area (Å²) >= 11 is 0. The summed E-state index contributed by atoms with van der Waals surface area (Å²) in [5.74, 6) is 1.54. The van der Waals surface area contributed by atoms with Gasteiger partial charge in [0.05, 0.1) is 0 Å². The minimum absolute atomic E-state index is 0.133. The SMILES string of the molecule is CCCCn1ccnc1C1CCCN(C(=O)NC2CCCC2)C1. The number of unbranched alkanes of at least 4 members (excludes halogenated alkanes) is 1. The molecule has 5 nitrogen and oxygen atoms in total. The number of hydrogen-bond acceptors (Lipinski definition) is 2. The Balaban J connectivity index is 1.59. The third-order valence-electron chi connectivity index (χ3n) is 5.26. The van der Waals surface area contributed by atoms with E-state index in [1.54, 1.807) is 0 Å². The molecule has 1 aliphatic heterocycles. The van der Waals surface area contributed by atoms with Crippen LogP contribution in [0.3, 0.4) is 0 Å². The maximum absolute atomic E-state index is 12.5. The van der Waals surface area contributed by atoms with E-state index in [0.29, 0.717) is 12.0 Å². The average Bonchev–Trinajstić information content (AvgIpc) is 3.24.